The summed E-state index contributed by atoms with van der Waals surface area (Å²) in [6.07, 6.45) is 14.4. The van der Waals surface area contributed by atoms with Gasteiger partial charge >= 0.3 is 0 Å². The van der Waals surface area contributed by atoms with Gasteiger partial charge in [0.05, 0.1) is 0 Å². The van der Waals surface area contributed by atoms with Gasteiger partial charge in [-0.1, -0.05) is 70.4 Å². The highest BCUT2D eigenvalue weighted by Crippen LogP contribution is 2.44. The molecule has 1 fully saturated rings. The minimum atomic E-state index is 0.167. The SMILES string of the molecule is C=C(CCC)/C(=C\C=C1/CCCC(C)(S)C1CCC)CC. The second-order valence-electron chi connectivity index (χ2n) is 6.69. The largest absolute Gasteiger partial charge is 0.172 e. The lowest BCUT2D eigenvalue weighted by atomic mass is 9.73. The molecule has 0 radical (unpaired) electrons. The second-order valence-corrected chi connectivity index (χ2v) is 7.71. The highest BCUT2D eigenvalue weighted by molar-refractivity contribution is 7.81. The Morgan fingerprint density at radius 2 is 2.05 bits per heavy atom. The first-order valence-electron chi connectivity index (χ1n) is 8.76. The van der Waals surface area contributed by atoms with Gasteiger partial charge in [0.1, 0.15) is 0 Å². The van der Waals surface area contributed by atoms with Crippen molar-refractivity contribution in [3.8, 4) is 0 Å². The first-order chi connectivity index (χ1) is 9.96. The van der Waals surface area contributed by atoms with E-state index < -0.39 is 0 Å². The highest BCUT2D eigenvalue weighted by Gasteiger charge is 2.35. The fraction of sp³-hybridized carbons (Fsp3) is 0.700. The third-order valence-electron chi connectivity index (χ3n) is 4.81. The van der Waals surface area contributed by atoms with Crippen molar-refractivity contribution >= 4 is 12.6 Å². The Morgan fingerprint density at radius 1 is 1.33 bits per heavy atom. The highest BCUT2D eigenvalue weighted by atomic mass is 32.1. The van der Waals surface area contributed by atoms with Crippen LogP contribution in [0.3, 0.4) is 0 Å². The lowest BCUT2D eigenvalue weighted by Gasteiger charge is -2.39. The fourth-order valence-corrected chi connectivity index (χ4v) is 3.99. The second kappa shape index (κ2) is 8.88. The molecule has 0 aromatic rings. The van der Waals surface area contributed by atoms with E-state index in [1.807, 2.05) is 0 Å². The molecule has 0 N–H and O–H groups in total. The number of rotatable bonds is 7. The molecule has 0 heterocycles. The molecule has 0 spiro atoms. The van der Waals surface area contributed by atoms with Gasteiger partial charge in [0.25, 0.3) is 0 Å². The van der Waals surface area contributed by atoms with E-state index in [1.165, 1.54) is 49.7 Å². The smallest absolute Gasteiger partial charge is 0.0167 e. The van der Waals surface area contributed by atoms with E-state index in [1.54, 1.807) is 5.57 Å². The third-order valence-corrected chi connectivity index (χ3v) is 5.34. The topological polar surface area (TPSA) is 0 Å². The lowest BCUT2D eigenvalue weighted by Crippen LogP contribution is -2.33. The van der Waals surface area contributed by atoms with E-state index >= 15 is 0 Å². The van der Waals surface area contributed by atoms with Gasteiger partial charge in [0.2, 0.25) is 0 Å². The predicted molar refractivity (Wildman–Crippen MR) is 100 cm³/mol. The Hall–Kier alpha value is -0.430. The first kappa shape index (κ1) is 18.6. The molecule has 0 aromatic heterocycles. The molecule has 1 aliphatic rings. The minimum Gasteiger partial charge on any atom is -0.172 e. The summed E-state index contributed by atoms with van der Waals surface area (Å²) >= 11 is 4.97. The van der Waals surface area contributed by atoms with Crippen LogP contribution < -0.4 is 0 Å². The summed E-state index contributed by atoms with van der Waals surface area (Å²) in [6.45, 7) is 13.3. The molecule has 1 heteroatoms. The molecule has 0 aliphatic heterocycles. The van der Waals surface area contributed by atoms with Crippen molar-refractivity contribution in [1.29, 1.82) is 0 Å². The summed E-state index contributed by atoms with van der Waals surface area (Å²) in [6, 6.07) is 0. The van der Waals surface area contributed by atoms with Crippen LogP contribution in [0.4, 0.5) is 0 Å². The van der Waals surface area contributed by atoms with Crippen LogP contribution in [0, 0.1) is 5.92 Å². The summed E-state index contributed by atoms with van der Waals surface area (Å²) in [5, 5.41) is 0. The Labute approximate surface area is 138 Å². The average molecular weight is 307 g/mol. The van der Waals surface area contributed by atoms with E-state index in [0.717, 1.165) is 12.8 Å². The van der Waals surface area contributed by atoms with Crippen molar-refractivity contribution in [2.75, 3.05) is 0 Å². The quantitative estimate of drug-likeness (QED) is 0.384. The van der Waals surface area contributed by atoms with Gasteiger partial charge in [0, 0.05) is 4.75 Å². The van der Waals surface area contributed by atoms with Crippen molar-refractivity contribution in [1.82, 2.24) is 0 Å². The van der Waals surface area contributed by atoms with E-state index in [9.17, 15) is 0 Å². The molecule has 0 aromatic carbocycles. The maximum Gasteiger partial charge on any atom is 0.0167 e. The Kier molecular flexibility index (Phi) is 7.87. The molecule has 1 rings (SSSR count). The maximum atomic E-state index is 4.97. The molecule has 2 unspecified atom stereocenters. The van der Waals surface area contributed by atoms with E-state index in [4.69, 9.17) is 12.6 Å². The monoisotopic (exact) mass is 306 g/mol. The van der Waals surface area contributed by atoms with E-state index in [0.29, 0.717) is 5.92 Å². The molecule has 0 saturated heterocycles. The Morgan fingerprint density at radius 3 is 2.62 bits per heavy atom. The normalized spacial score (nSPS) is 28.9. The number of thiol groups is 1. The average Bonchev–Trinajstić information content (AvgIpc) is 2.43. The molecule has 1 saturated carbocycles. The van der Waals surface area contributed by atoms with Crippen molar-refractivity contribution in [2.45, 2.75) is 83.8 Å². The maximum absolute atomic E-state index is 4.97. The Balaban J connectivity index is 2.95. The molecular formula is C20H34S. The fourth-order valence-electron chi connectivity index (χ4n) is 3.54. The van der Waals surface area contributed by atoms with Gasteiger partial charge in [-0.15, -0.1) is 0 Å². The van der Waals surface area contributed by atoms with Crippen LogP contribution in [0.1, 0.15) is 79.1 Å². The summed E-state index contributed by atoms with van der Waals surface area (Å²) in [5.41, 5.74) is 4.34. The molecular weight excluding hydrogens is 272 g/mol. The van der Waals surface area contributed by atoms with Gasteiger partial charge in [-0.25, -0.2) is 0 Å². The van der Waals surface area contributed by atoms with Crippen LogP contribution in [0.15, 0.2) is 35.5 Å². The number of hydrogen-bond acceptors (Lipinski definition) is 1. The van der Waals surface area contributed by atoms with Gasteiger partial charge in [0.15, 0.2) is 0 Å². The lowest BCUT2D eigenvalue weighted by molar-refractivity contribution is 0.348. The molecule has 0 nitrogen and oxygen atoms in total. The Bertz CT molecular complexity index is 398. The van der Waals surface area contributed by atoms with Gasteiger partial charge < -0.3 is 0 Å². The molecule has 1 aliphatic carbocycles. The van der Waals surface area contributed by atoms with Crippen molar-refractivity contribution in [3.05, 3.63) is 35.5 Å². The van der Waals surface area contributed by atoms with Crippen LogP contribution in [0.2, 0.25) is 0 Å². The molecule has 0 bridgehead atoms. The molecule has 2 atom stereocenters. The zero-order valence-electron chi connectivity index (χ0n) is 14.5. The minimum absolute atomic E-state index is 0.167. The molecule has 0 amide bonds. The van der Waals surface area contributed by atoms with Crippen LogP contribution >= 0.6 is 12.6 Å². The summed E-state index contributed by atoms with van der Waals surface area (Å²) in [4.78, 5) is 0. The zero-order chi connectivity index (χ0) is 15.9. The predicted octanol–water partition coefficient (Wildman–Crippen LogP) is 6.89. The van der Waals surface area contributed by atoms with Crippen LogP contribution in [0.25, 0.3) is 0 Å². The van der Waals surface area contributed by atoms with Crippen LogP contribution in [-0.2, 0) is 0 Å². The number of hydrogen-bond donors (Lipinski definition) is 1. The summed E-state index contributed by atoms with van der Waals surface area (Å²) in [5.74, 6) is 0.633. The first-order valence-corrected chi connectivity index (χ1v) is 9.21. The molecule has 21 heavy (non-hydrogen) atoms. The summed E-state index contributed by atoms with van der Waals surface area (Å²) < 4.78 is 0.167. The van der Waals surface area contributed by atoms with Gasteiger partial charge in [-0.2, -0.15) is 12.6 Å². The van der Waals surface area contributed by atoms with E-state index in [-0.39, 0.29) is 4.75 Å². The third kappa shape index (κ3) is 5.36. The van der Waals surface area contributed by atoms with E-state index in [2.05, 4.69) is 46.4 Å². The number of allylic oxidation sites excluding steroid dienone is 5. The van der Waals surface area contributed by atoms with Crippen LogP contribution in [-0.4, -0.2) is 4.75 Å². The van der Waals surface area contributed by atoms with Gasteiger partial charge in [-0.3, -0.25) is 0 Å². The summed E-state index contributed by atoms with van der Waals surface area (Å²) in [7, 11) is 0. The standard InChI is InChI=1S/C20H34S/c1-6-10-16(4)17(8-3)13-14-18-12-9-15-20(5,21)19(18)11-7-2/h13-14,19,21H,4,6-12,15H2,1-3,5H3/b17-13-,18-14+. The van der Waals surface area contributed by atoms with Gasteiger partial charge in [-0.05, 0) is 50.0 Å². The zero-order valence-corrected chi connectivity index (χ0v) is 15.4. The van der Waals surface area contributed by atoms with Crippen molar-refractivity contribution in [3.63, 3.8) is 0 Å². The van der Waals surface area contributed by atoms with Crippen LogP contribution in [0.5, 0.6) is 0 Å². The molecule has 120 valence electrons. The van der Waals surface area contributed by atoms with Crippen molar-refractivity contribution < 1.29 is 0 Å². The van der Waals surface area contributed by atoms with Crippen molar-refractivity contribution in [2.24, 2.45) is 5.92 Å².